The van der Waals surface area contributed by atoms with Gasteiger partial charge in [-0.05, 0) is 49.4 Å². The average molecular weight is 644 g/mol. The fourth-order valence-corrected chi connectivity index (χ4v) is 5.74. The van der Waals surface area contributed by atoms with Gasteiger partial charge in [0.05, 0.1) is 13.7 Å². The number of ether oxygens (including phenoxy) is 1. The van der Waals surface area contributed by atoms with Crippen molar-refractivity contribution in [2.24, 2.45) is 0 Å². The second-order valence-corrected chi connectivity index (χ2v) is 11.0. The first-order valence-corrected chi connectivity index (χ1v) is 14.8. The molecule has 0 radical (unpaired) electrons. The van der Waals surface area contributed by atoms with Crippen molar-refractivity contribution >= 4 is 52.0 Å². The zero-order valence-corrected chi connectivity index (χ0v) is 25.4. The van der Waals surface area contributed by atoms with E-state index in [1.165, 1.54) is 6.20 Å². The predicted molar refractivity (Wildman–Crippen MR) is 166 cm³/mol. The molecule has 0 spiro atoms. The van der Waals surface area contributed by atoms with Gasteiger partial charge >= 0.3 is 6.18 Å². The molecule has 3 aromatic rings. The Morgan fingerprint density at radius 1 is 1.09 bits per heavy atom. The van der Waals surface area contributed by atoms with E-state index in [0.717, 1.165) is 53.5 Å². The lowest BCUT2D eigenvalue weighted by Crippen LogP contribution is -2.48. The van der Waals surface area contributed by atoms with Crippen LogP contribution in [0.2, 0.25) is 0 Å². The molecule has 11 nitrogen and oxygen atoms in total. The van der Waals surface area contributed by atoms with Gasteiger partial charge in [-0.1, -0.05) is 6.07 Å². The first-order chi connectivity index (χ1) is 21.5. The summed E-state index contributed by atoms with van der Waals surface area (Å²) >= 11 is 0.805. The molecule has 3 N–H and O–H groups in total. The molecule has 0 saturated carbocycles. The van der Waals surface area contributed by atoms with Crippen molar-refractivity contribution in [2.75, 3.05) is 61.9 Å². The lowest BCUT2D eigenvalue weighted by molar-refractivity contribution is -0.135. The minimum Gasteiger partial charge on any atom is -0.497 e. The van der Waals surface area contributed by atoms with Crippen LogP contribution >= 0.6 is 11.3 Å². The third-order valence-corrected chi connectivity index (χ3v) is 8.05. The molecule has 1 aliphatic heterocycles. The van der Waals surface area contributed by atoms with Crippen LogP contribution in [0.25, 0.3) is 11.8 Å². The Hall–Kier alpha value is -4.81. The van der Waals surface area contributed by atoms with Gasteiger partial charge in [-0.15, -0.1) is 11.3 Å². The smallest absolute Gasteiger partial charge is 0.405 e. The van der Waals surface area contributed by atoms with Crippen LogP contribution in [-0.2, 0) is 16.1 Å². The topological polar surface area (TPSA) is 132 Å². The number of rotatable bonds is 10. The van der Waals surface area contributed by atoms with E-state index in [9.17, 15) is 32.8 Å². The maximum Gasteiger partial charge on any atom is 0.405 e. The van der Waals surface area contributed by atoms with Gasteiger partial charge in [-0.25, -0.2) is 0 Å². The number of thiazole rings is 1. The van der Waals surface area contributed by atoms with Gasteiger partial charge in [0.25, 0.3) is 11.5 Å². The molecule has 4 rings (SSSR count). The van der Waals surface area contributed by atoms with Crippen LogP contribution in [0.3, 0.4) is 0 Å². The van der Waals surface area contributed by atoms with E-state index in [2.05, 4.69) is 20.4 Å². The number of piperazine rings is 1. The molecule has 1 aliphatic rings. The number of nitrogens with zero attached hydrogens (tertiary/aromatic N) is 4. The molecule has 0 aliphatic carbocycles. The number of benzene rings is 2. The summed E-state index contributed by atoms with van der Waals surface area (Å²) in [6.07, 6.45) is -3.27. The second-order valence-electron chi connectivity index (χ2n) is 9.98. The standard InChI is InChI=1S/C30H32F3N7O4S/c1-3-40-28(43)25(45-29(40)24(16-34)27(42)36-19-30(31,32)33)17-35-20-5-4-6-21(15-20)37-26(41)18-38-11-13-39(14-12-38)22-7-9-23(44-2)10-8-22/h4-10,15,17,35H,3,11-14,18-19H2,1-2H3,(H,36,42)(H,37,41). The van der Waals surface area contributed by atoms with Crippen molar-refractivity contribution in [2.45, 2.75) is 19.6 Å². The first-order valence-electron chi connectivity index (χ1n) is 14.0. The molecule has 2 amide bonds. The van der Waals surface area contributed by atoms with Gasteiger partial charge in [0.15, 0.2) is 5.57 Å². The summed E-state index contributed by atoms with van der Waals surface area (Å²) in [6, 6.07) is 16.3. The van der Waals surface area contributed by atoms with Gasteiger partial charge in [-0.3, -0.25) is 23.9 Å². The van der Waals surface area contributed by atoms with Crippen LogP contribution in [-0.4, -0.2) is 73.8 Å². The largest absolute Gasteiger partial charge is 0.497 e. The number of hydrogen-bond acceptors (Lipinski definition) is 9. The number of anilines is 3. The van der Waals surface area contributed by atoms with Crippen LogP contribution in [0.15, 0.2) is 53.3 Å². The van der Waals surface area contributed by atoms with Gasteiger partial charge in [0, 0.05) is 56.0 Å². The van der Waals surface area contributed by atoms with E-state index in [4.69, 9.17) is 4.74 Å². The second kappa shape index (κ2) is 14.8. The molecule has 2 aromatic carbocycles. The Balaban J connectivity index is 1.39. The Bertz CT molecular complexity index is 1740. The number of hydrogen-bond donors (Lipinski definition) is 3. The molecule has 0 unspecified atom stereocenters. The number of methoxy groups -OCH3 is 1. The molecule has 238 valence electrons. The van der Waals surface area contributed by atoms with Crippen molar-refractivity contribution in [3.8, 4) is 11.8 Å². The third-order valence-electron chi connectivity index (χ3n) is 6.92. The van der Waals surface area contributed by atoms with Crippen LogP contribution in [0.1, 0.15) is 6.92 Å². The SMILES string of the molecule is CCn1c(=C(C#N)C(=O)NCC(F)(F)F)sc(=CNc2cccc(NC(=O)CN3CCN(c4ccc(OC)cc4)CC3)c2)c1=O. The van der Waals surface area contributed by atoms with E-state index >= 15 is 0 Å². The van der Waals surface area contributed by atoms with E-state index in [0.29, 0.717) is 11.4 Å². The monoisotopic (exact) mass is 643 g/mol. The summed E-state index contributed by atoms with van der Waals surface area (Å²) in [5, 5.41) is 17.0. The number of carbonyl (C=O) groups excluding carboxylic acids is 2. The molecule has 1 aromatic heterocycles. The van der Waals surface area contributed by atoms with Crippen LogP contribution in [0, 0.1) is 11.3 Å². The summed E-state index contributed by atoms with van der Waals surface area (Å²) in [4.78, 5) is 42.3. The number of carbonyl (C=O) groups is 2. The molecule has 1 saturated heterocycles. The number of amides is 2. The lowest BCUT2D eigenvalue weighted by Gasteiger charge is -2.35. The molecule has 45 heavy (non-hydrogen) atoms. The number of nitriles is 1. The van der Waals surface area contributed by atoms with Crippen molar-refractivity contribution < 1.29 is 27.5 Å². The van der Waals surface area contributed by atoms with Crippen LogP contribution in [0.4, 0.5) is 30.2 Å². The lowest BCUT2D eigenvalue weighted by atomic mass is 10.2. The molecule has 2 heterocycles. The third kappa shape index (κ3) is 8.87. The maximum atomic E-state index is 12.9. The number of halogens is 3. The highest BCUT2D eigenvalue weighted by atomic mass is 32.1. The molecular formula is C30H32F3N7O4S. The molecule has 15 heteroatoms. The maximum absolute atomic E-state index is 12.9. The Labute approximate surface area is 260 Å². The highest BCUT2D eigenvalue weighted by molar-refractivity contribution is 7.07. The summed E-state index contributed by atoms with van der Waals surface area (Å²) in [5.74, 6) is -0.599. The number of alkyl halides is 3. The Kier molecular flexibility index (Phi) is 10.9. The molecule has 0 bridgehead atoms. The van der Waals surface area contributed by atoms with Crippen LogP contribution < -0.4 is 40.3 Å². The Morgan fingerprint density at radius 2 is 1.78 bits per heavy atom. The molecular weight excluding hydrogens is 611 g/mol. The zero-order valence-electron chi connectivity index (χ0n) is 24.6. The quantitative estimate of drug-likeness (QED) is 0.306. The minimum atomic E-state index is -4.65. The van der Waals surface area contributed by atoms with Crippen molar-refractivity contribution in [1.29, 1.82) is 5.26 Å². The predicted octanol–water partition coefficient (Wildman–Crippen LogP) is 1.90. The highest BCUT2D eigenvalue weighted by Gasteiger charge is 2.29. The van der Waals surface area contributed by atoms with Crippen molar-refractivity contribution in [3.05, 3.63) is 68.1 Å². The fourth-order valence-electron chi connectivity index (χ4n) is 4.65. The molecule has 0 atom stereocenters. The number of aromatic nitrogens is 1. The van der Waals surface area contributed by atoms with Gasteiger partial charge < -0.3 is 25.6 Å². The number of nitrogens with one attached hydrogen (secondary N) is 3. The first kappa shape index (κ1) is 33.1. The highest BCUT2D eigenvalue weighted by Crippen LogP contribution is 2.21. The molecule has 1 fully saturated rings. The minimum absolute atomic E-state index is 0.0522. The summed E-state index contributed by atoms with van der Waals surface area (Å²) in [7, 11) is 1.63. The van der Waals surface area contributed by atoms with Gasteiger partial charge in [-0.2, -0.15) is 18.4 Å². The normalized spacial score (nSPS) is 14.8. The van der Waals surface area contributed by atoms with E-state index < -0.39 is 29.8 Å². The van der Waals surface area contributed by atoms with E-state index in [1.54, 1.807) is 49.7 Å². The van der Waals surface area contributed by atoms with Crippen molar-refractivity contribution in [1.82, 2.24) is 14.8 Å². The van der Waals surface area contributed by atoms with Crippen molar-refractivity contribution in [3.63, 3.8) is 0 Å². The summed E-state index contributed by atoms with van der Waals surface area (Å²) in [6.45, 7) is 3.34. The fraction of sp³-hybridized carbons (Fsp3) is 0.333. The van der Waals surface area contributed by atoms with Crippen LogP contribution in [0.5, 0.6) is 5.75 Å². The van der Waals surface area contributed by atoms with E-state index in [1.807, 2.05) is 24.3 Å². The average Bonchev–Trinajstić information content (AvgIpc) is 3.34. The summed E-state index contributed by atoms with van der Waals surface area (Å²) < 4.78 is 44.1. The Morgan fingerprint density at radius 3 is 2.40 bits per heavy atom. The van der Waals surface area contributed by atoms with Gasteiger partial charge in [0.1, 0.15) is 27.6 Å². The van der Waals surface area contributed by atoms with E-state index in [-0.39, 0.29) is 28.2 Å². The summed E-state index contributed by atoms with van der Waals surface area (Å²) in [5.41, 5.74) is 1.08. The van der Waals surface area contributed by atoms with Gasteiger partial charge in [0.2, 0.25) is 5.91 Å². The zero-order chi connectivity index (χ0) is 32.6.